The lowest BCUT2D eigenvalue weighted by Crippen LogP contribution is -2.16. The summed E-state index contributed by atoms with van der Waals surface area (Å²) in [5.74, 6) is 1.85. The molecule has 4 nitrogen and oxygen atoms in total. The van der Waals surface area contributed by atoms with Crippen LogP contribution >= 0.6 is 0 Å². The SMILES string of the molecule is Cc1ccnc(N2c3cc4c(cc3-c3cccc5cccc2c35)c2ccccc2n4-c2cc(C)ccn2)c1. The fraction of sp³-hybridized carbons (Fsp3) is 0.0588. The van der Waals surface area contributed by atoms with E-state index in [1.54, 1.807) is 0 Å². The Morgan fingerprint density at radius 3 is 2.11 bits per heavy atom. The van der Waals surface area contributed by atoms with E-state index in [0.717, 1.165) is 34.0 Å². The highest BCUT2D eigenvalue weighted by atomic mass is 15.2. The smallest absolute Gasteiger partial charge is 0.137 e. The minimum atomic E-state index is 0.920. The van der Waals surface area contributed by atoms with Gasteiger partial charge in [-0.15, -0.1) is 0 Å². The van der Waals surface area contributed by atoms with E-state index in [0.29, 0.717) is 0 Å². The molecule has 0 atom stereocenters. The largest absolute Gasteiger partial charge is 0.294 e. The molecule has 0 fully saturated rings. The molecule has 38 heavy (non-hydrogen) atoms. The molecule has 0 spiro atoms. The van der Waals surface area contributed by atoms with Gasteiger partial charge in [0.15, 0.2) is 0 Å². The zero-order chi connectivity index (χ0) is 25.4. The molecule has 7 aromatic rings. The molecule has 180 valence electrons. The number of hydrogen-bond donors (Lipinski definition) is 0. The highest BCUT2D eigenvalue weighted by Crippen LogP contribution is 2.52. The molecule has 0 unspecified atom stereocenters. The van der Waals surface area contributed by atoms with Gasteiger partial charge < -0.3 is 0 Å². The molecule has 1 aliphatic rings. The van der Waals surface area contributed by atoms with Crippen molar-refractivity contribution in [2.24, 2.45) is 0 Å². The minimum Gasteiger partial charge on any atom is -0.294 e. The molecule has 1 aliphatic heterocycles. The Hall–Kier alpha value is -4.96. The molecule has 4 heteroatoms. The summed E-state index contributed by atoms with van der Waals surface area (Å²) < 4.78 is 2.29. The van der Waals surface area contributed by atoms with Crippen LogP contribution in [-0.2, 0) is 0 Å². The molecule has 3 aromatic heterocycles. The quantitative estimate of drug-likeness (QED) is 0.244. The number of para-hydroxylation sites is 1. The molecule has 0 amide bonds. The van der Waals surface area contributed by atoms with Gasteiger partial charge in [-0.2, -0.15) is 0 Å². The Morgan fingerprint density at radius 1 is 0.553 bits per heavy atom. The van der Waals surface area contributed by atoms with Crippen LogP contribution in [0.1, 0.15) is 11.1 Å². The fourth-order valence-electron chi connectivity index (χ4n) is 6.05. The second kappa shape index (κ2) is 7.77. The highest BCUT2D eigenvalue weighted by Gasteiger charge is 2.28. The number of hydrogen-bond acceptors (Lipinski definition) is 3. The Balaban J connectivity index is 1.55. The van der Waals surface area contributed by atoms with Crippen LogP contribution in [0.5, 0.6) is 0 Å². The van der Waals surface area contributed by atoms with Crippen molar-refractivity contribution in [3.05, 3.63) is 121 Å². The molecular weight excluding hydrogens is 464 g/mol. The van der Waals surface area contributed by atoms with Gasteiger partial charge in [0, 0.05) is 34.1 Å². The van der Waals surface area contributed by atoms with Gasteiger partial charge in [0.05, 0.1) is 22.4 Å². The zero-order valence-corrected chi connectivity index (χ0v) is 21.2. The summed E-state index contributed by atoms with van der Waals surface area (Å²) in [6, 6.07) is 34.9. The van der Waals surface area contributed by atoms with Crippen molar-refractivity contribution in [2.45, 2.75) is 13.8 Å². The van der Waals surface area contributed by atoms with Crippen LogP contribution in [0.15, 0.2) is 109 Å². The summed E-state index contributed by atoms with van der Waals surface area (Å²) >= 11 is 0. The van der Waals surface area contributed by atoms with Crippen LogP contribution in [0.4, 0.5) is 17.2 Å². The summed E-state index contributed by atoms with van der Waals surface area (Å²) in [5, 5.41) is 4.93. The fourth-order valence-corrected chi connectivity index (χ4v) is 6.05. The van der Waals surface area contributed by atoms with Gasteiger partial charge in [-0.05, 0) is 84.5 Å². The number of benzene rings is 4. The maximum Gasteiger partial charge on any atom is 0.137 e. The molecule has 0 N–H and O–H groups in total. The van der Waals surface area contributed by atoms with E-state index < -0.39 is 0 Å². The van der Waals surface area contributed by atoms with E-state index in [4.69, 9.17) is 9.97 Å². The monoisotopic (exact) mass is 488 g/mol. The van der Waals surface area contributed by atoms with E-state index in [1.807, 2.05) is 24.5 Å². The first-order valence-electron chi connectivity index (χ1n) is 12.9. The third-order valence-corrected chi connectivity index (χ3v) is 7.70. The van der Waals surface area contributed by atoms with Crippen LogP contribution in [-0.4, -0.2) is 14.5 Å². The Labute approximate surface area is 220 Å². The van der Waals surface area contributed by atoms with E-state index >= 15 is 0 Å². The first-order chi connectivity index (χ1) is 18.7. The zero-order valence-electron chi connectivity index (χ0n) is 21.2. The lowest BCUT2D eigenvalue weighted by molar-refractivity contribution is 1.07. The molecule has 0 bridgehead atoms. The molecular formula is C34H24N4. The van der Waals surface area contributed by atoms with Crippen LogP contribution in [0, 0.1) is 13.8 Å². The highest BCUT2D eigenvalue weighted by molar-refractivity contribution is 6.18. The Morgan fingerprint density at radius 2 is 1.29 bits per heavy atom. The summed E-state index contributed by atoms with van der Waals surface area (Å²) in [6.07, 6.45) is 3.79. The molecule has 0 saturated heterocycles. The van der Waals surface area contributed by atoms with E-state index in [-0.39, 0.29) is 0 Å². The molecule has 4 heterocycles. The van der Waals surface area contributed by atoms with Gasteiger partial charge in [-0.3, -0.25) is 9.47 Å². The van der Waals surface area contributed by atoms with E-state index in [1.165, 1.54) is 43.8 Å². The third kappa shape index (κ3) is 2.91. The van der Waals surface area contributed by atoms with Gasteiger partial charge in [0.2, 0.25) is 0 Å². The van der Waals surface area contributed by atoms with E-state index in [9.17, 15) is 0 Å². The van der Waals surface area contributed by atoms with Crippen LogP contribution in [0.25, 0.3) is 49.5 Å². The molecule has 0 aliphatic carbocycles. The molecule has 8 rings (SSSR count). The number of rotatable bonds is 2. The van der Waals surface area contributed by atoms with Crippen molar-refractivity contribution < 1.29 is 0 Å². The summed E-state index contributed by atoms with van der Waals surface area (Å²) in [7, 11) is 0. The second-order valence-corrected chi connectivity index (χ2v) is 10.1. The van der Waals surface area contributed by atoms with Gasteiger partial charge in [0.1, 0.15) is 11.6 Å². The standard InChI is InChI=1S/C34H24N4/c1-21-13-15-35-32(17-21)37-28-11-4-3-9-24(28)26-19-27-25-10-5-7-23-8-6-12-29(34(23)25)38(31(27)20-30(26)37)33-18-22(2)14-16-36-33/h3-20H,1-2H3. The minimum absolute atomic E-state index is 0.920. The number of aromatic nitrogens is 3. The topological polar surface area (TPSA) is 34.0 Å². The van der Waals surface area contributed by atoms with Crippen molar-refractivity contribution in [3.63, 3.8) is 0 Å². The van der Waals surface area contributed by atoms with Gasteiger partial charge in [-0.25, -0.2) is 9.97 Å². The predicted molar refractivity (Wildman–Crippen MR) is 157 cm³/mol. The molecule has 4 aromatic carbocycles. The summed E-state index contributed by atoms with van der Waals surface area (Å²) in [4.78, 5) is 12.0. The Kier molecular flexibility index (Phi) is 4.32. The average Bonchev–Trinajstić information content (AvgIpc) is 3.26. The number of aryl methyl sites for hydroxylation is 2. The van der Waals surface area contributed by atoms with Crippen molar-refractivity contribution in [2.75, 3.05) is 4.90 Å². The maximum atomic E-state index is 4.84. The number of pyridine rings is 2. The van der Waals surface area contributed by atoms with Crippen LogP contribution < -0.4 is 4.90 Å². The van der Waals surface area contributed by atoms with Crippen molar-refractivity contribution in [1.29, 1.82) is 0 Å². The third-order valence-electron chi connectivity index (χ3n) is 7.70. The summed E-state index contributed by atoms with van der Waals surface area (Å²) in [5.41, 5.74) is 9.39. The number of fused-ring (bicyclic) bond motifs is 5. The average molecular weight is 489 g/mol. The second-order valence-electron chi connectivity index (χ2n) is 10.1. The lowest BCUT2D eigenvalue weighted by Gasteiger charge is -2.33. The van der Waals surface area contributed by atoms with Gasteiger partial charge >= 0.3 is 0 Å². The predicted octanol–water partition coefficient (Wildman–Crippen LogP) is 8.79. The first kappa shape index (κ1) is 21.2. The number of anilines is 3. The van der Waals surface area contributed by atoms with E-state index in [2.05, 4.69) is 108 Å². The van der Waals surface area contributed by atoms with Gasteiger partial charge in [0.25, 0.3) is 0 Å². The Bertz CT molecular complexity index is 2060. The van der Waals surface area contributed by atoms with Gasteiger partial charge in [-0.1, -0.05) is 48.5 Å². The van der Waals surface area contributed by atoms with Crippen molar-refractivity contribution in [1.82, 2.24) is 14.5 Å². The lowest BCUT2D eigenvalue weighted by atomic mass is 9.90. The molecule has 0 radical (unpaired) electrons. The normalized spacial score (nSPS) is 12.4. The maximum absolute atomic E-state index is 4.84. The number of nitrogens with zero attached hydrogens (tertiary/aromatic N) is 4. The first-order valence-corrected chi connectivity index (χ1v) is 12.9. The van der Waals surface area contributed by atoms with Crippen LogP contribution in [0.2, 0.25) is 0 Å². The van der Waals surface area contributed by atoms with Crippen LogP contribution in [0.3, 0.4) is 0 Å². The van der Waals surface area contributed by atoms with Crippen molar-refractivity contribution >= 4 is 49.8 Å². The summed E-state index contributed by atoms with van der Waals surface area (Å²) in [6.45, 7) is 4.23. The van der Waals surface area contributed by atoms with Crippen molar-refractivity contribution in [3.8, 4) is 16.9 Å². The molecule has 0 saturated carbocycles.